The predicted molar refractivity (Wildman–Crippen MR) is 124 cm³/mol. The number of anilines is 2. The molecule has 7 nitrogen and oxygen atoms in total. The number of aromatic nitrogens is 3. The molecule has 0 spiro atoms. The van der Waals surface area contributed by atoms with Gasteiger partial charge in [-0.25, -0.2) is 0 Å². The number of thioether (sulfide) groups is 1. The summed E-state index contributed by atoms with van der Waals surface area (Å²) in [6.45, 7) is 5.94. The van der Waals surface area contributed by atoms with Crippen molar-refractivity contribution < 1.29 is 9.59 Å². The first-order valence-corrected chi connectivity index (χ1v) is 11.0. The molecule has 3 rings (SSSR count). The van der Waals surface area contributed by atoms with Crippen LogP contribution in [0.2, 0.25) is 0 Å². The van der Waals surface area contributed by atoms with Crippen LogP contribution in [0.15, 0.2) is 47.6 Å². The summed E-state index contributed by atoms with van der Waals surface area (Å²) in [6.07, 6.45) is 0.772. The molecular weight excluding hydrogens is 410 g/mol. The number of nitrogens with one attached hydrogen (secondary N) is 2. The maximum atomic E-state index is 12.4. The van der Waals surface area contributed by atoms with Crippen LogP contribution in [0.25, 0.3) is 0 Å². The molecule has 0 fully saturated rings. The minimum atomic E-state index is -0.104. The van der Waals surface area contributed by atoms with Gasteiger partial charge in [0.15, 0.2) is 5.16 Å². The number of amides is 2. The summed E-state index contributed by atoms with van der Waals surface area (Å²) in [5, 5.41) is 14.8. The largest absolute Gasteiger partial charge is 0.326 e. The molecule has 0 saturated heterocycles. The molecule has 2 aromatic carbocycles. The highest BCUT2D eigenvalue weighted by atomic mass is 32.2. The van der Waals surface area contributed by atoms with Crippen molar-refractivity contribution in [2.45, 2.75) is 38.8 Å². The van der Waals surface area contributed by atoms with Crippen molar-refractivity contribution in [2.24, 2.45) is 7.05 Å². The molecule has 0 unspecified atom stereocenters. The van der Waals surface area contributed by atoms with E-state index in [9.17, 15) is 9.59 Å². The lowest BCUT2D eigenvalue weighted by atomic mass is 10.1. The zero-order valence-electron chi connectivity index (χ0n) is 18.2. The van der Waals surface area contributed by atoms with Gasteiger partial charge < -0.3 is 15.2 Å². The molecule has 0 aliphatic heterocycles. The van der Waals surface area contributed by atoms with E-state index >= 15 is 0 Å². The second-order valence-corrected chi connectivity index (χ2v) is 8.47. The van der Waals surface area contributed by atoms with Crippen molar-refractivity contribution in [1.29, 1.82) is 0 Å². The van der Waals surface area contributed by atoms with E-state index in [1.165, 1.54) is 11.8 Å². The predicted octanol–water partition coefficient (Wildman–Crippen LogP) is 4.04. The van der Waals surface area contributed by atoms with E-state index in [4.69, 9.17) is 0 Å². The van der Waals surface area contributed by atoms with Gasteiger partial charge in [0.1, 0.15) is 5.82 Å². The molecule has 0 radical (unpaired) electrons. The van der Waals surface area contributed by atoms with Gasteiger partial charge in [0.25, 0.3) is 0 Å². The topological polar surface area (TPSA) is 88.9 Å². The summed E-state index contributed by atoms with van der Waals surface area (Å²) < 4.78 is 1.83. The molecule has 0 atom stereocenters. The first-order chi connectivity index (χ1) is 14.8. The van der Waals surface area contributed by atoms with Gasteiger partial charge in [-0.1, -0.05) is 36.0 Å². The second kappa shape index (κ2) is 10.3. The van der Waals surface area contributed by atoms with Gasteiger partial charge in [-0.3, -0.25) is 9.59 Å². The molecule has 3 aromatic rings. The fraction of sp³-hybridized carbons (Fsp3) is 0.304. The van der Waals surface area contributed by atoms with Crippen molar-refractivity contribution in [3.8, 4) is 0 Å². The van der Waals surface area contributed by atoms with E-state index < -0.39 is 0 Å². The molecule has 1 aromatic heterocycles. The molecule has 0 aliphatic rings. The van der Waals surface area contributed by atoms with E-state index in [2.05, 4.69) is 20.8 Å². The Bertz CT molecular complexity index is 1090. The van der Waals surface area contributed by atoms with Crippen LogP contribution >= 0.6 is 11.8 Å². The average molecular weight is 438 g/mol. The average Bonchev–Trinajstić information content (AvgIpc) is 3.07. The maximum absolute atomic E-state index is 12.4. The molecule has 0 saturated carbocycles. The van der Waals surface area contributed by atoms with Gasteiger partial charge in [0.2, 0.25) is 11.8 Å². The number of hydrogen-bond donors (Lipinski definition) is 2. The number of hydrogen-bond acceptors (Lipinski definition) is 5. The van der Waals surface area contributed by atoms with Crippen LogP contribution in [0.4, 0.5) is 11.4 Å². The number of nitrogens with zero attached hydrogens (tertiary/aromatic N) is 3. The standard InChI is InChI=1S/C23H27N5O2S/c1-15-6-5-7-18(12-15)24-22(30)14-31-23-27-26-20(28(23)4)10-11-21(29)25-19-13-16(2)8-9-17(19)3/h5-9,12-13H,10-11,14H2,1-4H3,(H,24,30)(H,25,29). The smallest absolute Gasteiger partial charge is 0.234 e. The van der Waals surface area contributed by atoms with E-state index in [-0.39, 0.29) is 17.6 Å². The van der Waals surface area contributed by atoms with Crippen LogP contribution in [0.3, 0.4) is 0 Å². The Balaban J connectivity index is 1.49. The van der Waals surface area contributed by atoms with Gasteiger partial charge in [-0.15, -0.1) is 10.2 Å². The van der Waals surface area contributed by atoms with Gasteiger partial charge >= 0.3 is 0 Å². The minimum absolute atomic E-state index is 0.0663. The van der Waals surface area contributed by atoms with Crippen molar-refractivity contribution >= 4 is 35.0 Å². The normalized spacial score (nSPS) is 10.7. The SMILES string of the molecule is Cc1cccc(NC(=O)CSc2nnc(CCC(=O)Nc3cc(C)ccc3C)n2C)c1. The lowest BCUT2D eigenvalue weighted by molar-refractivity contribution is -0.116. The van der Waals surface area contributed by atoms with Gasteiger partial charge in [0.05, 0.1) is 5.75 Å². The molecule has 8 heteroatoms. The summed E-state index contributed by atoms with van der Waals surface area (Å²) in [5.74, 6) is 0.765. The molecule has 162 valence electrons. The number of carbonyl (C=O) groups is 2. The Morgan fingerprint density at radius 2 is 1.74 bits per heavy atom. The highest BCUT2D eigenvalue weighted by molar-refractivity contribution is 7.99. The van der Waals surface area contributed by atoms with Crippen LogP contribution in [-0.2, 0) is 23.1 Å². The van der Waals surface area contributed by atoms with Crippen LogP contribution in [0, 0.1) is 20.8 Å². The maximum Gasteiger partial charge on any atom is 0.234 e. The van der Waals surface area contributed by atoms with E-state index in [1.54, 1.807) is 0 Å². The third-order valence-corrected chi connectivity index (χ3v) is 5.82. The lowest BCUT2D eigenvalue weighted by Gasteiger charge is -2.09. The number of benzene rings is 2. The summed E-state index contributed by atoms with van der Waals surface area (Å²) in [6, 6.07) is 13.6. The summed E-state index contributed by atoms with van der Waals surface area (Å²) in [7, 11) is 1.85. The van der Waals surface area contributed by atoms with E-state index in [1.807, 2.05) is 74.9 Å². The van der Waals surface area contributed by atoms with Crippen molar-refractivity contribution in [3.05, 3.63) is 65.0 Å². The number of carbonyl (C=O) groups excluding carboxylic acids is 2. The number of rotatable bonds is 8. The molecule has 2 N–H and O–H groups in total. The monoisotopic (exact) mass is 437 g/mol. The van der Waals surface area contributed by atoms with Crippen LogP contribution in [0.1, 0.15) is 28.9 Å². The van der Waals surface area contributed by atoms with Crippen LogP contribution in [-0.4, -0.2) is 32.3 Å². The molecular formula is C23H27N5O2S. The summed E-state index contributed by atoms with van der Waals surface area (Å²) >= 11 is 1.32. The van der Waals surface area contributed by atoms with E-state index in [0.717, 1.165) is 28.1 Å². The molecule has 0 aliphatic carbocycles. The molecule has 31 heavy (non-hydrogen) atoms. The third kappa shape index (κ3) is 6.42. The highest BCUT2D eigenvalue weighted by Crippen LogP contribution is 2.19. The quantitative estimate of drug-likeness (QED) is 0.519. The second-order valence-electron chi connectivity index (χ2n) is 7.53. The Hall–Kier alpha value is -3.13. The Morgan fingerprint density at radius 3 is 2.52 bits per heavy atom. The fourth-order valence-electron chi connectivity index (χ4n) is 3.05. The van der Waals surface area contributed by atoms with Crippen LogP contribution in [0.5, 0.6) is 0 Å². The van der Waals surface area contributed by atoms with Crippen molar-refractivity contribution in [1.82, 2.24) is 14.8 Å². The zero-order valence-corrected chi connectivity index (χ0v) is 19.0. The first kappa shape index (κ1) is 22.6. The number of aryl methyl sites for hydroxylation is 4. The fourth-order valence-corrected chi connectivity index (χ4v) is 3.78. The van der Waals surface area contributed by atoms with Gasteiger partial charge in [0, 0.05) is 31.3 Å². The van der Waals surface area contributed by atoms with Gasteiger partial charge in [-0.05, 0) is 55.7 Å². The minimum Gasteiger partial charge on any atom is -0.326 e. The summed E-state index contributed by atoms with van der Waals surface area (Å²) in [4.78, 5) is 24.6. The van der Waals surface area contributed by atoms with Crippen molar-refractivity contribution in [3.63, 3.8) is 0 Å². The van der Waals surface area contributed by atoms with Gasteiger partial charge in [-0.2, -0.15) is 0 Å². The Kier molecular flexibility index (Phi) is 7.46. The highest BCUT2D eigenvalue weighted by Gasteiger charge is 2.13. The van der Waals surface area contributed by atoms with Crippen molar-refractivity contribution in [2.75, 3.05) is 16.4 Å². The molecule has 0 bridgehead atoms. The third-order valence-electron chi connectivity index (χ3n) is 4.80. The zero-order chi connectivity index (χ0) is 22.4. The molecule has 2 amide bonds. The van der Waals surface area contributed by atoms with E-state index in [0.29, 0.717) is 23.8 Å². The van der Waals surface area contributed by atoms with Crippen LogP contribution < -0.4 is 10.6 Å². The lowest BCUT2D eigenvalue weighted by Crippen LogP contribution is -2.15. The Morgan fingerprint density at radius 1 is 0.968 bits per heavy atom. The molecule has 1 heterocycles. The first-order valence-electron chi connectivity index (χ1n) is 10.1. The summed E-state index contributed by atoms with van der Waals surface area (Å²) in [5.41, 5.74) is 4.82. The Labute approximate surface area is 186 Å².